The summed E-state index contributed by atoms with van der Waals surface area (Å²) >= 11 is 0. The Morgan fingerprint density at radius 1 is 1.32 bits per heavy atom. The van der Waals surface area contributed by atoms with Crippen LogP contribution >= 0.6 is 0 Å². The highest BCUT2D eigenvalue weighted by atomic mass is 16.5. The Morgan fingerprint density at radius 3 is 2.53 bits per heavy atom. The van der Waals surface area contributed by atoms with E-state index in [1.54, 1.807) is 0 Å². The van der Waals surface area contributed by atoms with Gasteiger partial charge in [0.25, 0.3) is 0 Å². The van der Waals surface area contributed by atoms with Gasteiger partial charge in [0.2, 0.25) is 0 Å². The molecule has 0 spiro atoms. The van der Waals surface area contributed by atoms with E-state index < -0.39 is 0 Å². The Labute approximate surface area is 114 Å². The van der Waals surface area contributed by atoms with Crippen molar-refractivity contribution >= 4 is 5.97 Å². The number of nitrogens with two attached hydrogens (primary N) is 1. The third kappa shape index (κ3) is 5.72. The van der Waals surface area contributed by atoms with E-state index in [1.165, 1.54) is 7.11 Å². The maximum Gasteiger partial charge on any atom is 0.319 e. The normalized spacial score (nSPS) is 10.5. The number of nitrogens with zero attached hydrogens (tertiary/aromatic N) is 1. The number of methoxy groups -OCH3 is 1. The van der Waals surface area contributed by atoms with Gasteiger partial charge < -0.3 is 15.2 Å². The molecule has 0 aliphatic rings. The van der Waals surface area contributed by atoms with Crippen molar-refractivity contribution < 1.29 is 14.3 Å². The number of hydrogen-bond acceptors (Lipinski definition) is 5. The third-order valence-corrected chi connectivity index (χ3v) is 2.86. The summed E-state index contributed by atoms with van der Waals surface area (Å²) in [5, 5.41) is 0. The highest BCUT2D eigenvalue weighted by Crippen LogP contribution is 2.11. The molecule has 2 N–H and O–H groups in total. The average Bonchev–Trinajstić information content (AvgIpc) is 2.46. The van der Waals surface area contributed by atoms with E-state index >= 15 is 0 Å². The molecule has 5 heteroatoms. The Balaban J connectivity index is 2.32. The van der Waals surface area contributed by atoms with Crippen LogP contribution in [-0.4, -0.2) is 44.2 Å². The van der Waals surface area contributed by atoms with Crippen LogP contribution in [0.4, 0.5) is 0 Å². The summed E-state index contributed by atoms with van der Waals surface area (Å²) in [5.74, 6) is 0.584. The van der Waals surface area contributed by atoms with E-state index in [2.05, 4.69) is 4.74 Å². The van der Waals surface area contributed by atoms with Crippen LogP contribution in [0.15, 0.2) is 24.3 Å². The van der Waals surface area contributed by atoms with Crippen molar-refractivity contribution in [2.24, 2.45) is 5.73 Å². The zero-order valence-electron chi connectivity index (χ0n) is 11.6. The van der Waals surface area contributed by atoms with Crippen molar-refractivity contribution in [3.8, 4) is 5.75 Å². The van der Waals surface area contributed by atoms with E-state index in [-0.39, 0.29) is 5.97 Å². The molecule has 5 nitrogen and oxygen atoms in total. The lowest BCUT2D eigenvalue weighted by Crippen LogP contribution is -2.33. The quantitative estimate of drug-likeness (QED) is 0.712. The maximum absolute atomic E-state index is 11.2. The first-order chi connectivity index (χ1) is 9.19. The summed E-state index contributed by atoms with van der Waals surface area (Å²) in [5.41, 5.74) is 6.60. The molecule has 0 aromatic heterocycles. The van der Waals surface area contributed by atoms with Crippen LogP contribution in [-0.2, 0) is 16.1 Å². The molecule has 0 saturated carbocycles. The third-order valence-electron chi connectivity index (χ3n) is 2.86. The van der Waals surface area contributed by atoms with Crippen molar-refractivity contribution in [1.29, 1.82) is 0 Å². The largest absolute Gasteiger partial charge is 0.492 e. The van der Waals surface area contributed by atoms with Crippen LogP contribution in [0.1, 0.15) is 12.5 Å². The van der Waals surface area contributed by atoms with Gasteiger partial charge in [0.1, 0.15) is 12.4 Å². The van der Waals surface area contributed by atoms with Crippen molar-refractivity contribution in [2.45, 2.75) is 13.5 Å². The highest BCUT2D eigenvalue weighted by Gasteiger charge is 2.08. The highest BCUT2D eigenvalue weighted by molar-refractivity contribution is 5.71. The first-order valence-electron chi connectivity index (χ1n) is 6.40. The molecule has 0 amide bonds. The molecule has 0 radical (unpaired) electrons. The number of carbonyl (C=O) groups is 1. The van der Waals surface area contributed by atoms with Gasteiger partial charge in [-0.15, -0.1) is 0 Å². The molecule has 0 atom stereocenters. The standard InChI is InChI=1S/C14H22N2O3/c1-3-16(11-14(17)18-2)8-9-19-13-6-4-12(10-15)5-7-13/h4-7H,3,8-11,15H2,1-2H3. The molecule has 1 aromatic carbocycles. The van der Waals surface area contributed by atoms with Gasteiger partial charge in [-0.3, -0.25) is 9.69 Å². The van der Waals surface area contributed by atoms with E-state index in [4.69, 9.17) is 10.5 Å². The van der Waals surface area contributed by atoms with Gasteiger partial charge in [0.05, 0.1) is 13.7 Å². The summed E-state index contributed by atoms with van der Waals surface area (Å²) in [6, 6.07) is 7.69. The number of likely N-dealkylation sites (N-methyl/N-ethyl adjacent to an activating group) is 1. The predicted molar refractivity (Wildman–Crippen MR) is 74.0 cm³/mol. The average molecular weight is 266 g/mol. The lowest BCUT2D eigenvalue weighted by Gasteiger charge is -2.18. The lowest BCUT2D eigenvalue weighted by molar-refractivity contribution is -0.141. The Kier molecular flexibility index (Phi) is 6.92. The van der Waals surface area contributed by atoms with Gasteiger partial charge in [0.15, 0.2) is 0 Å². The smallest absolute Gasteiger partial charge is 0.319 e. The van der Waals surface area contributed by atoms with E-state index in [9.17, 15) is 4.79 Å². The minimum atomic E-state index is -0.228. The Bertz CT molecular complexity index is 379. The summed E-state index contributed by atoms with van der Waals surface area (Å²) in [7, 11) is 1.39. The van der Waals surface area contributed by atoms with Crippen LogP contribution in [0.5, 0.6) is 5.75 Å². The first-order valence-corrected chi connectivity index (χ1v) is 6.40. The number of benzene rings is 1. The second kappa shape index (κ2) is 8.50. The van der Waals surface area contributed by atoms with Gasteiger partial charge in [-0.05, 0) is 24.2 Å². The van der Waals surface area contributed by atoms with Crippen LogP contribution in [0.25, 0.3) is 0 Å². The topological polar surface area (TPSA) is 64.8 Å². The molecule has 0 saturated heterocycles. The fourth-order valence-corrected chi connectivity index (χ4v) is 1.61. The summed E-state index contributed by atoms with van der Waals surface area (Å²) in [6.07, 6.45) is 0. The second-order valence-electron chi connectivity index (χ2n) is 4.14. The number of carbonyl (C=O) groups excluding carboxylic acids is 1. The van der Waals surface area contributed by atoms with Crippen molar-refractivity contribution in [3.63, 3.8) is 0 Å². The maximum atomic E-state index is 11.2. The molecule has 0 bridgehead atoms. The summed E-state index contributed by atoms with van der Waals surface area (Å²) in [6.45, 7) is 4.83. The van der Waals surface area contributed by atoms with Crippen molar-refractivity contribution in [2.75, 3.05) is 33.4 Å². The number of ether oxygens (including phenoxy) is 2. The number of hydrogen-bond donors (Lipinski definition) is 1. The van der Waals surface area contributed by atoms with Gasteiger partial charge >= 0.3 is 5.97 Å². The number of rotatable bonds is 8. The lowest BCUT2D eigenvalue weighted by atomic mass is 10.2. The van der Waals surface area contributed by atoms with Crippen molar-refractivity contribution in [3.05, 3.63) is 29.8 Å². The minimum Gasteiger partial charge on any atom is -0.492 e. The molecular formula is C14H22N2O3. The zero-order chi connectivity index (χ0) is 14.1. The molecular weight excluding hydrogens is 244 g/mol. The van der Waals surface area contributed by atoms with Crippen LogP contribution in [0, 0.1) is 0 Å². The number of esters is 1. The molecule has 1 aromatic rings. The van der Waals surface area contributed by atoms with Crippen LogP contribution in [0.2, 0.25) is 0 Å². The van der Waals surface area contributed by atoms with Gasteiger partial charge in [-0.1, -0.05) is 19.1 Å². The van der Waals surface area contributed by atoms with Gasteiger partial charge in [-0.25, -0.2) is 0 Å². The molecule has 19 heavy (non-hydrogen) atoms. The summed E-state index contributed by atoms with van der Waals surface area (Å²) in [4.78, 5) is 13.1. The van der Waals surface area contributed by atoms with Gasteiger partial charge in [-0.2, -0.15) is 0 Å². The van der Waals surface area contributed by atoms with E-state index in [0.29, 0.717) is 26.2 Å². The molecule has 0 aliphatic heterocycles. The predicted octanol–water partition coefficient (Wildman–Crippen LogP) is 1.02. The Hall–Kier alpha value is -1.59. The molecule has 0 fully saturated rings. The first kappa shape index (κ1) is 15.5. The van der Waals surface area contributed by atoms with Crippen molar-refractivity contribution in [1.82, 2.24) is 4.90 Å². The van der Waals surface area contributed by atoms with Crippen LogP contribution < -0.4 is 10.5 Å². The van der Waals surface area contributed by atoms with Crippen LogP contribution in [0.3, 0.4) is 0 Å². The molecule has 0 aliphatic carbocycles. The van der Waals surface area contributed by atoms with E-state index in [1.807, 2.05) is 36.1 Å². The molecule has 106 valence electrons. The SMILES string of the molecule is CCN(CCOc1ccc(CN)cc1)CC(=O)OC. The monoisotopic (exact) mass is 266 g/mol. The molecule has 0 unspecified atom stereocenters. The minimum absolute atomic E-state index is 0.228. The second-order valence-corrected chi connectivity index (χ2v) is 4.14. The summed E-state index contributed by atoms with van der Waals surface area (Å²) < 4.78 is 10.3. The Morgan fingerprint density at radius 2 is 2.00 bits per heavy atom. The van der Waals surface area contributed by atoms with E-state index in [0.717, 1.165) is 17.9 Å². The zero-order valence-corrected chi connectivity index (χ0v) is 11.6. The molecule has 1 rings (SSSR count). The fraction of sp³-hybridized carbons (Fsp3) is 0.500. The molecule has 0 heterocycles. The fourth-order valence-electron chi connectivity index (χ4n) is 1.61. The van der Waals surface area contributed by atoms with Gasteiger partial charge in [0, 0.05) is 13.1 Å².